The molecule has 3 rings (SSSR count). The van der Waals surface area contributed by atoms with Crippen molar-refractivity contribution in [3.05, 3.63) is 48.7 Å². The van der Waals surface area contributed by atoms with Gasteiger partial charge in [-0.05, 0) is 50.2 Å². The number of anilines is 3. The van der Waals surface area contributed by atoms with Crippen LogP contribution in [0, 0.1) is 0 Å². The van der Waals surface area contributed by atoms with E-state index in [1.54, 1.807) is 11.1 Å². The zero-order valence-electron chi connectivity index (χ0n) is 16.5. The van der Waals surface area contributed by atoms with Crippen LogP contribution >= 0.6 is 0 Å². The number of pyridine rings is 1. The molecule has 2 heterocycles. The van der Waals surface area contributed by atoms with E-state index in [0.29, 0.717) is 31.9 Å². The number of benzene rings is 1. The van der Waals surface area contributed by atoms with E-state index in [1.807, 2.05) is 42.5 Å². The number of rotatable bonds is 5. The lowest BCUT2D eigenvalue weighted by Gasteiger charge is -2.35. The first-order valence-electron chi connectivity index (χ1n) is 9.73. The molecule has 1 N–H and O–H groups in total. The fourth-order valence-corrected chi connectivity index (χ4v) is 3.35. The minimum absolute atomic E-state index is 0.492. The largest absolute Gasteiger partial charge is 0.372 e. The van der Waals surface area contributed by atoms with Crippen LogP contribution in [0.3, 0.4) is 0 Å². The number of nitrogens with one attached hydrogen (secondary N) is 1. The molecule has 2 aromatic rings. The number of carbonyl (C=O) groups excluding carboxylic acids is 2. The SMILES string of the molecule is CCN(CC)c1ccc(NC(=O)C(=O)N2CCN(c3ccccn3)CC2)cc1. The van der Waals surface area contributed by atoms with E-state index >= 15 is 0 Å². The summed E-state index contributed by atoms with van der Waals surface area (Å²) in [6.45, 7) is 8.38. The molecule has 7 nitrogen and oxygen atoms in total. The molecule has 0 radical (unpaired) electrons. The Morgan fingerprint density at radius 3 is 2.25 bits per heavy atom. The van der Waals surface area contributed by atoms with Gasteiger partial charge in [0.15, 0.2) is 0 Å². The first kappa shape index (κ1) is 19.7. The third-order valence-corrected chi connectivity index (χ3v) is 4.99. The van der Waals surface area contributed by atoms with Crippen molar-refractivity contribution >= 4 is 29.0 Å². The lowest BCUT2D eigenvalue weighted by atomic mass is 10.2. The van der Waals surface area contributed by atoms with E-state index in [0.717, 1.165) is 24.6 Å². The van der Waals surface area contributed by atoms with Crippen LogP contribution in [0.5, 0.6) is 0 Å². The van der Waals surface area contributed by atoms with Crippen molar-refractivity contribution in [2.45, 2.75) is 13.8 Å². The highest BCUT2D eigenvalue weighted by Gasteiger charge is 2.26. The van der Waals surface area contributed by atoms with Crippen molar-refractivity contribution in [2.24, 2.45) is 0 Å². The number of carbonyl (C=O) groups is 2. The number of hydrogen-bond acceptors (Lipinski definition) is 5. The van der Waals surface area contributed by atoms with E-state index in [4.69, 9.17) is 0 Å². The Labute approximate surface area is 166 Å². The normalized spacial score (nSPS) is 13.9. The highest BCUT2D eigenvalue weighted by Crippen LogP contribution is 2.18. The molecular formula is C21H27N5O2. The van der Waals surface area contributed by atoms with Crippen LogP contribution in [0.15, 0.2) is 48.7 Å². The average Bonchev–Trinajstić information content (AvgIpc) is 2.76. The van der Waals surface area contributed by atoms with Crippen LogP contribution in [-0.2, 0) is 9.59 Å². The minimum atomic E-state index is -0.595. The molecule has 148 valence electrons. The lowest BCUT2D eigenvalue weighted by molar-refractivity contribution is -0.143. The number of amides is 2. The maximum absolute atomic E-state index is 12.5. The summed E-state index contributed by atoms with van der Waals surface area (Å²) < 4.78 is 0. The summed E-state index contributed by atoms with van der Waals surface area (Å²) in [5.41, 5.74) is 1.72. The Bertz CT molecular complexity index is 782. The summed E-state index contributed by atoms with van der Waals surface area (Å²) in [5, 5.41) is 2.71. The van der Waals surface area contributed by atoms with Gasteiger partial charge in [-0.3, -0.25) is 9.59 Å². The van der Waals surface area contributed by atoms with Gasteiger partial charge in [-0.2, -0.15) is 0 Å². The molecule has 7 heteroatoms. The molecule has 0 atom stereocenters. The van der Waals surface area contributed by atoms with Gasteiger partial charge in [0.1, 0.15) is 5.82 Å². The molecule has 1 aliphatic heterocycles. The molecule has 1 aromatic carbocycles. The Kier molecular flexibility index (Phi) is 6.47. The first-order valence-corrected chi connectivity index (χ1v) is 9.73. The molecule has 1 saturated heterocycles. The van der Waals surface area contributed by atoms with Gasteiger partial charge < -0.3 is 20.0 Å². The summed E-state index contributed by atoms with van der Waals surface area (Å²) in [4.78, 5) is 35.1. The van der Waals surface area contributed by atoms with E-state index in [1.165, 1.54) is 0 Å². The predicted octanol–water partition coefficient (Wildman–Crippen LogP) is 2.22. The monoisotopic (exact) mass is 381 g/mol. The van der Waals surface area contributed by atoms with Gasteiger partial charge in [0.2, 0.25) is 0 Å². The summed E-state index contributed by atoms with van der Waals surface area (Å²) in [5.74, 6) is -0.192. The van der Waals surface area contributed by atoms with Crippen molar-refractivity contribution in [3.8, 4) is 0 Å². The number of nitrogens with zero attached hydrogens (tertiary/aromatic N) is 4. The van der Waals surface area contributed by atoms with Crippen molar-refractivity contribution in [2.75, 3.05) is 54.4 Å². The van der Waals surface area contributed by atoms with E-state index in [2.05, 4.69) is 33.9 Å². The molecule has 0 saturated carbocycles. The summed E-state index contributed by atoms with van der Waals surface area (Å²) in [6.07, 6.45) is 1.76. The number of hydrogen-bond donors (Lipinski definition) is 1. The standard InChI is InChI=1S/C21H27N5O2/c1-3-24(4-2)18-10-8-17(9-11-18)23-20(27)21(28)26-15-13-25(14-16-26)19-7-5-6-12-22-19/h5-12H,3-4,13-16H2,1-2H3,(H,23,27). The highest BCUT2D eigenvalue weighted by molar-refractivity contribution is 6.39. The summed E-state index contributed by atoms with van der Waals surface area (Å²) in [7, 11) is 0. The van der Waals surface area contributed by atoms with Crippen molar-refractivity contribution < 1.29 is 9.59 Å². The van der Waals surface area contributed by atoms with Crippen LogP contribution in [0.2, 0.25) is 0 Å². The minimum Gasteiger partial charge on any atom is -0.372 e. The average molecular weight is 381 g/mol. The first-order chi connectivity index (χ1) is 13.6. The zero-order valence-corrected chi connectivity index (χ0v) is 16.5. The van der Waals surface area contributed by atoms with Crippen molar-refractivity contribution in [3.63, 3.8) is 0 Å². The topological polar surface area (TPSA) is 68.8 Å². The Hall–Kier alpha value is -3.09. The second-order valence-corrected chi connectivity index (χ2v) is 6.64. The van der Waals surface area contributed by atoms with E-state index < -0.39 is 11.8 Å². The van der Waals surface area contributed by atoms with Crippen LogP contribution in [-0.4, -0.2) is 61.0 Å². The number of piperazine rings is 1. The van der Waals surface area contributed by atoms with Crippen LogP contribution in [0.1, 0.15) is 13.8 Å². The van der Waals surface area contributed by atoms with Crippen molar-refractivity contribution in [1.29, 1.82) is 0 Å². The molecule has 0 spiro atoms. The van der Waals surface area contributed by atoms with Gasteiger partial charge >= 0.3 is 11.8 Å². The molecule has 0 aliphatic carbocycles. The highest BCUT2D eigenvalue weighted by atomic mass is 16.2. The van der Waals surface area contributed by atoms with E-state index in [9.17, 15) is 9.59 Å². The maximum atomic E-state index is 12.5. The summed E-state index contributed by atoms with van der Waals surface area (Å²) in [6, 6.07) is 13.3. The van der Waals surface area contributed by atoms with Crippen LogP contribution in [0.25, 0.3) is 0 Å². The van der Waals surface area contributed by atoms with Gasteiger partial charge in [-0.1, -0.05) is 6.07 Å². The fraction of sp³-hybridized carbons (Fsp3) is 0.381. The Morgan fingerprint density at radius 2 is 1.68 bits per heavy atom. The molecule has 2 amide bonds. The third kappa shape index (κ3) is 4.60. The Balaban J connectivity index is 1.53. The molecule has 1 fully saturated rings. The predicted molar refractivity (Wildman–Crippen MR) is 112 cm³/mol. The van der Waals surface area contributed by atoms with Crippen LogP contribution in [0.4, 0.5) is 17.2 Å². The van der Waals surface area contributed by atoms with Gasteiger partial charge in [0.05, 0.1) is 0 Å². The molecule has 0 bridgehead atoms. The summed E-state index contributed by atoms with van der Waals surface area (Å²) >= 11 is 0. The molecule has 1 aliphatic rings. The van der Waals surface area contributed by atoms with Gasteiger partial charge in [-0.25, -0.2) is 4.98 Å². The van der Waals surface area contributed by atoms with Crippen LogP contribution < -0.4 is 15.1 Å². The fourth-order valence-electron chi connectivity index (χ4n) is 3.35. The third-order valence-electron chi connectivity index (χ3n) is 4.99. The van der Waals surface area contributed by atoms with Gasteiger partial charge in [0, 0.05) is 56.8 Å². The quantitative estimate of drug-likeness (QED) is 0.805. The van der Waals surface area contributed by atoms with E-state index in [-0.39, 0.29) is 0 Å². The maximum Gasteiger partial charge on any atom is 0.313 e. The lowest BCUT2D eigenvalue weighted by Crippen LogP contribution is -2.51. The Morgan fingerprint density at radius 1 is 1.00 bits per heavy atom. The molecule has 0 unspecified atom stereocenters. The molecular weight excluding hydrogens is 354 g/mol. The molecule has 1 aromatic heterocycles. The zero-order chi connectivity index (χ0) is 19.9. The van der Waals surface area contributed by atoms with Gasteiger partial charge in [0.25, 0.3) is 0 Å². The second-order valence-electron chi connectivity index (χ2n) is 6.64. The van der Waals surface area contributed by atoms with Crippen molar-refractivity contribution in [1.82, 2.24) is 9.88 Å². The smallest absolute Gasteiger partial charge is 0.313 e. The molecule has 28 heavy (non-hydrogen) atoms. The van der Waals surface area contributed by atoms with Gasteiger partial charge in [-0.15, -0.1) is 0 Å². The second kappa shape index (κ2) is 9.21. The number of aromatic nitrogens is 1.